The van der Waals surface area contributed by atoms with Crippen molar-refractivity contribution in [3.8, 4) is 5.75 Å². The Labute approximate surface area is 96.4 Å². The van der Waals surface area contributed by atoms with Crippen LogP contribution in [0.3, 0.4) is 0 Å². The van der Waals surface area contributed by atoms with Crippen molar-refractivity contribution in [3.05, 3.63) is 54.6 Å². The van der Waals surface area contributed by atoms with E-state index in [0.29, 0.717) is 6.61 Å². The highest BCUT2D eigenvalue weighted by atomic mass is 16.5. The van der Waals surface area contributed by atoms with Gasteiger partial charge in [0.1, 0.15) is 12.4 Å². The van der Waals surface area contributed by atoms with Gasteiger partial charge >= 0.3 is 0 Å². The zero-order valence-corrected chi connectivity index (χ0v) is 9.52. The summed E-state index contributed by atoms with van der Waals surface area (Å²) in [5.41, 5.74) is 0. The first kappa shape index (κ1) is 10.7. The Morgan fingerprint density at radius 2 is 1.81 bits per heavy atom. The molecule has 2 rings (SSSR count). The van der Waals surface area contributed by atoms with Crippen LogP contribution in [0.2, 0.25) is 0 Å². The summed E-state index contributed by atoms with van der Waals surface area (Å²) in [6, 6.07) is 14.5. The molecule has 0 unspecified atom stereocenters. The number of allylic oxidation sites excluding steroid dienone is 1. The number of hydrogen-bond donors (Lipinski definition) is 0. The van der Waals surface area contributed by atoms with Crippen LogP contribution in [0.15, 0.2) is 54.6 Å². The molecule has 1 nitrogen and oxygen atoms in total. The molecule has 0 spiro atoms. The first-order valence-electron chi connectivity index (χ1n) is 5.67. The Bertz CT molecular complexity index is 486. The molecule has 0 heterocycles. The lowest BCUT2D eigenvalue weighted by molar-refractivity contribution is 0.363. The van der Waals surface area contributed by atoms with E-state index in [9.17, 15) is 0 Å². The third-order valence-corrected chi connectivity index (χ3v) is 2.47. The van der Waals surface area contributed by atoms with Gasteiger partial charge in [0.2, 0.25) is 0 Å². The number of ether oxygens (including phenoxy) is 1. The van der Waals surface area contributed by atoms with Crippen LogP contribution >= 0.6 is 0 Å². The summed E-state index contributed by atoms with van der Waals surface area (Å²) in [6.45, 7) is 2.76. The molecule has 0 aliphatic heterocycles. The first-order valence-corrected chi connectivity index (χ1v) is 5.67. The van der Waals surface area contributed by atoms with Crippen LogP contribution in [0.5, 0.6) is 5.75 Å². The van der Waals surface area contributed by atoms with Gasteiger partial charge in [-0.2, -0.15) is 0 Å². The van der Waals surface area contributed by atoms with Crippen LogP contribution in [-0.2, 0) is 0 Å². The third-order valence-electron chi connectivity index (χ3n) is 2.47. The topological polar surface area (TPSA) is 9.23 Å². The predicted octanol–water partition coefficient (Wildman–Crippen LogP) is 4.18. The second-order valence-electron chi connectivity index (χ2n) is 3.70. The summed E-state index contributed by atoms with van der Waals surface area (Å²) >= 11 is 0. The van der Waals surface area contributed by atoms with E-state index in [1.165, 1.54) is 10.8 Å². The van der Waals surface area contributed by atoms with Gasteiger partial charge in [-0.25, -0.2) is 0 Å². The van der Waals surface area contributed by atoms with Gasteiger partial charge in [0.05, 0.1) is 0 Å². The fourth-order valence-electron chi connectivity index (χ4n) is 1.64. The molecule has 0 aliphatic rings. The molecule has 2 aromatic rings. The summed E-state index contributed by atoms with van der Waals surface area (Å²) in [6.07, 6.45) is 5.22. The summed E-state index contributed by atoms with van der Waals surface area (Å²) in [5, 5.41) is 2.47. The minimum atomic E-state index is 0.645. The average molecular weight is 212 g/mol. The second-order valence-corrected chi connectivity index (χ2v) is 3.70. The highest BCUT2D eigenvalue weighted by Crippen LogP contribution is 2.20. The molecule has 2 aromatic carbocycles. The molecule has 0 radical (unpaired) electrons. The summed E-state index contributed by atoms with van der Waals surface area (Å²) in [4.78, 5) is 0. The zero-order chi connectivity index (χ0) is 11.2. The monoisotopic (exact) mass is 212 g/mol. The van der Waals surface area contributed by atoms with Crippen molar-refractivity contribution in [2.45, 2.75) is 13.3 Å². The number of rotatable bonds is 4. The van der Waals surface area contributed by atoms with Crippen LogP contribution in [0, 0.1) is 0 Å². The molecule has 0 aromatic heterocycles. The third kappa shape index (κ3) is 2.63. The highest BCUT2D eigenvalue weighted by Gasteiger charge is 1.95. The normalized spacial score (nSPS) is 11.1. The molecular formula is C15H16O. The van der Waals surface area contributed by atoms with Gasteiger partial charge < -0.3 is 4.74 Å². The number of benzene rings is 2. The lowest BCUT2D eigenvalue weighted by atomic mass is 10.1. The van der Waals surface area contributed by atoms with Crippen molar-refractivity contribution in [2.75, 3.05) is 6.61 Å². The van der Waals surface area contributed by atoms with E-state index in [2.05, 4.69) is 43.3 Å². The van der Waals surface area contributed by atoms with Crippen molar-refractivity contribution in [2.24, 2.45) is 0 Å². The lowest BCUT2D eigenvalue weighted by Gasteiger charge is -2.04. The Kier molecular flexibility index (Phi) is 3.60. The quantitative estimate of drug-likeness (QED) is 0.691. The van der Waals surface area contributed by atoms with Gasteiger partial charge in [0, 0.05) is 0 Å². The second kappa shape index (κ2) is 5.36. The van der Waals surface area contributed by atoms with Crippen LogP contribution in [0.25, 0.3) is 10.8 Å². The molecule has 1 heteroatoms. The molecule has 16 heavy (non-hydrogen) atoms. The Hall–Kier alpha value is -1.76. The molecule has 0 bridgehead atoms. The van der Waals surface area contributed by atoms with Crippen LogP contribution < -0.4 is 4.74 Å². The fraction of sp³-hybridized carbons (Fsp3) is 0.200. The van der Waals surface area contributed by atoms with Crippen molar-refractivity contribution in [1.82, 2.24) is 0 Å². The lowest BCUT2D eigenvalue weighted by Crippen LogP contribution is -1.92. The summed E-state index contributed by atoms with van der Waals surface area (Å²) < 4.78 is 5.63. The van der Waals surface area contributed by atoms with E-state index in [1.807, 2.05) is 18.2 Å². The van der Waals surface area contributed by atoms with Crippen LogP contribution in [0.4, 0.5) is 0 Å². The molecule has 0 amide bonds. The largest absolute Gasteiger partial charge is 0.490 e. The van der Waals surface area contributed by atoms with E-state index >= 15 is 0 Å². The molecule has 0 saturated heterocycles. The van der Waals surface area contributed by atoms with Crippen molar-refractivity contribution in [1.29, 1.82) is 0 Å². The van der Waals surface area contributed by atoms with Crippen molar-refractivity contribution >= 4 is 10.8 Å². The van der Waals surface area contributed by atoms with E-state index in [0.717, 1.165) is 12.2 Å². The fourth-order valence-corrected chi connectivity index (χ4v) is 1.64. The van der Waals surface area contributed by atoms with Gasteiger partial charge in [0.15, 0.2) is 0 Å². The van der Waals surface area contributed by atoms with E-state index < -0.39 is 0 Å². The van der Waals surface area contributed by atoms with E-state index in [-0.39, 0.29) is 0 Å². The Morgan fingerprint density at radius 1 is 1.00 bits per heavy atom. The maximum Gasteiger partial charge on any atom is 0.120 e. The number of fused-ring (bicyclic) bond motifs is 1. The Balaban J connectivity index is 2.10. The maximum atomic E-state index is 5.63. The first-order chi connectivity index (χ1) is 7.90. The standard InChI is InChI=1S/C15H16O/c1-2-3-6-11-16-15-10-9-13-7-4-5-8-14(13)12-15/h3-10,12H,2,11H2,1H3/b6-3-. The molecule has 0 aliphatic carbocycles. The molecule has 0 fully saturated rings. The maximum absolute atomic E-state index is 5.63. The smallest absolute Gasteiger partial charge is 0.120 e. The minimum Gasteiger partial charge on any atom is -0.490 e. The minimum absolute atomic E-state index is 0.645. The van der Waals surface area contributed by atoms with Crippen LogP contribution in [0.1, 0.15) is 13.3 Å². The average Bonchev–Trinajstić information content (AvgIpc) is 2.34. The van der Waals surface area contributed by atoms with Crippen LogP contribution in [-0.4, -0.2) is 6.61 Å². The van der Waals surface area contributed by atoms with Gasteiger partial charge in [-0.15, -0.1) is 0 Å². The van der Waals surface area contributed by atoms with Gasteiger partial charge in [0.25, 0.3) is 0 Å². The molecule has 0 N–H and O–H groups in total. The highest BCUT2D eigenvalue weighted by molar-refractivity contribution is 5.83. The number of hydrogen-bond acceptors (Lipinski definition) is 1. The van der Waals surface area contributed by atoms with Gasteiger partial charge in [-0.05, 0) is 29.3 Å². The Morgan fingerprint density at radius 3 is 2.62 bits per heavy atom. The predicted molar refractivity (Wildman–Crippen MR) is 68.9 cm³/mol. The molecule has 0 atom stereocenters. The van der Waals surface area contributed by atoms with E-state index in [4.69, 9.17) is 4.74 Å². The van der Waals surface area contributed by atoms with Gasteiger partial charge in [-0.3, -0.25) is 0 Å². The molecule has 82 valence electrons. The van der Waals surface area contributed by atoms with Crippen molar-refractivity contribution < 1.29 is 4.74 Å². The molecule has 0 saturated carbocycles. The van der Waals surface area contributed by atoms with Gasteiger partial charge in [-0.1, -0.05) is 49.4 Å². The summed E-state index contributed by atoms with van der Waals surface area (Å²) in [7, 11) is 0. The molecular weight excluding hydrogens is 196 g/mol. The zero-order valence-electron chi connectivity index (χ0n) is 9.52. The van der Waals surface area contributed by atoms with E-state index in [1.54, 1.807) is 0 Å². The van der Waals surface area contributed by atoms with Crippen molar-refractivity contribution in [3.63, 3.8) is 0 Å². The SMILES string of the molecule is CC/C=C\COc1ccc2ccccc2c1. The summed E-state index contributed by atoms with van der Waals surface area (Å²) in [5.74, 6) is 0.930.